The SMILES string of the molecule is CC(CON)(C(=O)O)c1ccc(O)cc1. The third-order valence-electron chi connectivity index (χ3n) is 2.35. The molecule has 1 aromatic carbocycles. The predicted octanol–water partition coefficient (Wildman–Crippen LogP) is 0.625. The van der Waals surface area contributed by atoms with Crippen LogP contribution < -0.4 is 5.90 Å². The molecule has 15 heavy (non-hydrogen) atoms. The topological polar surface area (TPSA) is 92.8 Å². The van der Waals surface area contributed by atoms with Crippen molar-refractivity contribution in [2.24, 2.45) is 5.90 Å². The summed E-state index contributed by atoms with van der Waals surface area (Å²) in [4.78, 5) is 15.5. The van der Waals surface area contributed by atoms with Crippen molar-refractivity contribution in [3.63, 3.8) is 0 Å². The third kappa shape index (κ3) is 2.26. The van der Waals surface area contributed by atoms with Crippen molar-refractivity contribution in [3.8, 4) is 5.75 Å². The number of phenols is 1. The molecule has 4 N–H and O–H groups in total. The van der Waals surface area contributed by atoms with Gasteiger partial charge in [0, 0.05) is 0 Å². The number of aliphatic carboxylic acids is 1. The predicted molar refractivity (Wildman–Crippen MR) is 53.2 cm³/mol. The minimum absolute atomic E-state index is 0.0835. The molecule has 0 saturated heterocycles. The summed E-state index contributed by atoms with van der Waals surface area (Å²) in [5.41, 5.74) is -0.680. The molecule has 82 valence electrons. The number of rotatable bonds is 4. The Kier molecular flexibility index (Phi) is 3.28. The van der Waals surface area contributed by atoms with Crippen LogP contribution in [0.2, 0.25) is 0 Å². The van der Waals surface area contributed by atoms with Crippen molar-refractivity contribution in [1.82, 2.24) is 0 Å². The van der Waals surface area contributed by atoms with Crippen molar-refractivity contribution >= 4 is 5.97 Å². The number of phenolic OH excluding ortho intramolecular Hbond substituents is 1. The highest BCUT2D eigenvalue weighted by Gasteiger charge is 2.35. The Bertz CT molecular complexity index is 349. The van der Waals surface area contributed by atoms with E-state index in [9.17, 15) is 4.79 Å². The molecule has 0 aliphatic carbocycles. The van der Waals surface area contributed by atoms with Gasteiger partial charge < -0.3 is 15.1 Å². The Morgan fingerprint density at radius 3 is 2.40 bits per heavy atom. The van der Waals surface area contributed by atoms with Gasteiger partial charge in [0.05, 0.1) is 6.61 Å². The molecule has 0 radical (unpaired) electrons. The molecule has 1 aromatic rings. The fourth-order valence-electron chi connectivity index (χ4n) is 1.26. The van der Waals surface area contributed by atoms with Crippen molar-refractivity contribution in [1.29, 1.82) is 0 Å². The fraction of sp³-hybridized carbons (Fsp3) is 0.300. The summed E-state index contributed by atoms with van der Waals surface area (Å²) in [6, 6.07) is 5.91. The Morgan fingerprint density at radius 2 is 2.00 bits per heavy atom. The molecule has 1 unspecified atom stereocenters. The second-order valence-corrected chi connectivity index (χ2v) is 3.50. The zero-order chi connectivity index (χ0) is 11.5. The molecule has 0 amide bonds. The first-order valence-corrected chi connectivity index (χ1v) is 4.35. The van der Waals surface area contributed by atoms with Gasteiger partial charge in [-0.2, -0.15) is 0 Å². The number of hydrogen-bond acceptors (Lipinski definition) is 4. The standard InChI is InChI=1S/C10H13NO4/c1-10(6-15-11,9(13)14)7-2-4-8(12)5-3-7/h2-5,12H,6,11H2,1H3,(H,13,14). The van der Waals surface area contributed by atoms with Crippen LogP contribution in [0.3, 0.4) is 0 Å². The average molecular weight is 211 g/mol. The van der Waals surface area contributed by atoms with Gasteiger partial charge in [0.1, 0.15) is 11.2 Å². The molecule has 0 aliphatic rings. The second kappa shape index (κ2) is 4.29. The summed E-state index contributed by atoms with van der Waals surface area (Å²) in [5.74, 6) is 3.96. The van der Waals surface area contributed by atoms with Crippen LogP contribution in [0.5, 0.6) is 5.75 Å². The smallest absolute Gasteiger partial charge is 0.316 e. The summed E-state index contributed by atoms with van der Waals surface area (Å²) >= 11 is 0. The Balaban J connectivity index is 3.09. The monoisotopic (exact) mass is 211 g/mol. The molecule has 0 heterocycles. The van der Waals surface area contributed by atoms with Gasteiger partial charge in [0.15, 0.2) is 0 Å². The third-order valence-corrected chi connectivity index (χ3v) is 2.35. The van der Waals surface area contributed by atoms with E-state index in [0.717, 1.165) is 0 Å². The molecule has 0 bridgehead atoms. The summed E-state index contributed by atoms with van der Waals surface area (Å²) in [6.45, 7) is 1.38. The number of carbonyl (C=O) groups is 1. The van der Waals surface area contributed by atoms with Crippen LogP contribution >= 0.6 is 0 Å². The lowest BCUT2D eigenvalue weighted by Gasteiger charge is -2.23. The van der Waals surface area contributed by atoms with Gasteiger partial charge in [-0.1, -0.05) is 12.1 Å². The highest BCUT2D eigenvalue weighted by molar-refractivity contribution is 5.81. The Hall–Kier alpha value is -1.59. The van der Waals surface area contributed by atoms with E-state index in [1.54, 1.807) is 0 Å². The first kappa shape index (κ1) is 11.5. The van der Waals surface area contributed by atoms with E-state index in [2.05, 4.69) is 4.84 Å². The van der Waals surface area contributed by atoms with Gasteiger partial charge in [-0.05, 0) is 24.6 Å². The van der Waals surface area contributed by atoms with Crippen molar-refractivity contribution < 1.29 is 19.8 Å². The highest BCUT2D eigenvalue weighted by atomic mass is 16.6. The van der Waals surface area contributed by atoms with Gasteiger partial charge in [0.2, 0.25) is 0 Å². The average Bonchev–Trinajstić information content (AvgIpc) is 2.18. The summed E-state index contributed by atoms with van der Waals surface area (Å²) in [5, 5.41) is 18.2. The minimum atomic E-state index is -1.21. The molecule has 0 saturated carbocycles. The van der Waals surface area contributed by atoms with E-state index < -0.39 is 11.4 Å². The summed E-state index contributed by atoms with van der Waals surface area (Å²) in [6.07, 6.45) is 0. The minimum Gasteiger partial charge on any atom is -0.508 e. The van der Waals surface area contributed by atoms with Crippen LogP contribution in [0, 0.1) is 0 Å². The maximum Gasteiger partial charge on any atom is 0.316 e. The van der Waals surface area contributed by atoms with Crippen molar-refractivity contribution in [3.05, 3.63) is 29.8 Å². The molecule has 0 aromatic heterocycles. The van der Waals surface area contributed by atoms with Crippen molar-refractivity contribution in [2.45, 2.75) is 12.3 Å². The molecule has 0 aliphatic heterocycles. The molecule has 0 fully saturated rings. The van der Waals surface area contributed by atoms with Gasteiger partial charge in [-0.3, -0.25) is 4.79 Å². The number of nitrogens with two attached hydrogens (primary N) is 1. The Labute approximate surface area is 87.0 Å². The second-order valence-electron chi connectivity index (χ2n) is 3.50. The molecule has 1 atom stereocenters. The number of carboxylic acid groups (broad SMARTS) is 1. The van der Waals surface area contributed by atoms with Crippen LogP contribution in [0.25, 0.3) is 0 Å². The van der Waals surface area contributed by atoms with Gasteiger partial charge >= 0.3 is 5.97 Å². The van der Waals surface area contributed by atoms with Gasteiger partial charge in [0.25, 0.3) is 0 Å². The molecule has 0 spiro atoms. The van der Waals surface area contributed by atoms with Crippen LogP contribution in [-0.4, -0.2) is 22.8 Å². The van der Waals surface area contributed by atoms with E-state index in [1.807, 2.05) is 0 Å². The molecular weight excluding hydrogens is 198 g/mol. The number of hydrogen-bond donors (Lipinski definition) is 3. The van der Waals surface area contributed by atoms with Crippen LogP contribution in [-0.2, 0) is 15.0 Å². The van der Waals surface area contributed by atoms with E-state index in [4.69, 9.17) is 16.1 Å². The largest absolute Gasteiger partial charge is 0.508 e. The van der Waals surface area contributed by atoms with Crippen molar-refractivity contribution in [2.75, 3.05) is 6.61 Å². The van der Waals surface area contributed by atoms with Crippen LogP contribution in [0.1, 0.15) is 12.5 Å². The first-order chi connectivity index (χ1) is 7.00. The Morgan fingerprint density at radius 1 is 1.47 bits per heavy atom. The lowest BCUT2D eigenvalue weighted by atomic mass is 9.83. The van der Waals surface area contributed by atoms with Gasteiger partial charge in [-0.15, -0.1) is 0 Å². The van der Waals surface area contributed by atoms with E-state index in [-0.39, 0.29) is 12.4 Å². The first-order valence-electron chi connectivity index (χ1n) is 4.35. The maximum absolute atomic E-state index is 11.1. The zero-order valence-corrected chi connectivity index (χ0v) is 8.30. The normalized spacial score (nSPS) is 14.5. The fourth-order valence-corrected chi connectivity index (χ4v) is 1.26. The van der Waals surface area contributed by atoms with Gasteiger partial charge in [-0.25, -0.2) is 5.90 Å². The lowest BCUT2D eigenvalue weighted by molar-refractivity contribution is -0.145. The van der Waals surface area contributed by atoms with Crippen LogP contribution in [0.4, 0.5) is 0 Å². The number of carboxylic acids is 1. The van der Waals surface area contributed by atoms with E-state index in [1.165, 1.54) is 31.2 Å². The molecular formula is C10H13NO4. The molecule has 5 nitrogen and oxygen atoms in total. The number of benzene rings is 1. The van der Waals surface area contributed by atoms with E-state index >= 15 is 0 Å². The highest BCUT2D eigenvalue weighted by Crippen LogP contribution is 2.25. The summed E-state index contributed by atoms with van der Waals surface area (Å²) in [7, 11) is 0. The molecule has 1 rings (SSSR count). The van der Waals surface area contributed by atoms with Crippen LogP contribution in [0.15, 0.2) is 24.3 Å². The quantitative estimate of drug-likeness (QED) is 0.635. The summed E-state index contributed by atoms with van der Waals surface area (Å²) < 4.78 is 0. The molecule has 5 heteroatoms. The maximum atomic E-state index is 11.1. The zero-order valence-electron chi connectivity index (χ0n) is 8.30. The lowest BCUT2D eigenvalue weighted by Crippen LogP contribution is -2.38. The van der Waals surface area contributed by atoms with E-state index in [0.29, 0.717) is 5.56 Å². The number of aromatic hydroxyl groups is 1.